The largest absolute Gasteiger partial charge is 0.394 e. The molecule has 1 unspecified atom stereocenters. The Labute approximate surface area is 203 Å². The Morgan fingerprint density at radius 1 is 1.14 bits per heavy atom. The Bertz CT molecular complexity index is 1420. The number of nitrogens with one attached hydrogen (secondary N) is 2. The van der Waals surface area contributed by atoms with E-state index in [-0.39, 0.29) is 18.1 Å². The molecule has 7 nitrogen and oxygen atoms in total. The van der Waals surface area contributed by atoms with E-state index in [0.29, 0.717) is 35.4 Å². The first kappa shape index (κ1) is 23.7. The molecule has 1 atom stereocenters. The third-order valence-electron chi connectivity index (χ3n) is 5.73. The number of aryl methyl sites for hydroxylation is 1. The van der Waals surface area contributed by atoms with E-state index in [1.54, 1.807) is 19.1 Å². The molecule has 0 fully saturated rings. The van der Waals surface area contributed by atoms with Crippen LogP contribution < -0.4 is 15.8 Å². The fourth-order valence-electron chi connectivity index (χ4n) is 3.96. The summed E-state index contributed by atoms with van der Waals surface area (Å²) in [6.07, 6.45) is 5.61. The van der Waals surface area contributed by atoms with E-state index in [0.717, 1.165) is 16.8 Å². The number of rotatable bonds is 8. The molecule has 7 heteroatoms. The molecule has 35 heavy (non-hydrogen) atoms. The van der Waals surface area contributed by atoms with Crippen molar-refractivity contribution in [3.63, 3.8) is 0 Å². The molecule has 0 aliphatic heterocycles. The monoisotopic (exact) mass is 466 g/mol. The summed E-state index contributed by atoms with van der Waals surface area (Å²) in [7, 11) is 0. The van der Waals surface area contributed by atoms with Crippen molar-refractivity contribution < 1.29 is 9.90 Å². The molecule has 0 bridgehead atoms. The van der Waals surface area contributed by atoms with E-state index in [1.165, 1.54) is 0 Å². The number of hydrogen-bond donors (Lipinski definition) is 3. The molecule has 0 aliphatic carbocycles. The molecule has 0 aliphatic rings. The first-order valence-electron chi connectivity index (χ1n) is 11.2. The number of aromatic amines is 1. The van der Waals surface area contributed by atoms with Gasteiger partial charge < -0.3 is 20.3 Å². The maximum absolute atomic E-state index is 12.8. The molecule has 0 saturated heterocycles. The van der Waals surface area contributed by atoms with Gasteiger partial charge in [0.05, 0.1) is 30.1 Å². The van der Waals surface area contributed by atoms with Crippen molar-refractivity contribution in [3.05, 3.63) is 106 Å². The third kappa shape index (κ3) is 5.57. The lowest BCUT2D eigenvalue weighted by Gasteiger charge is -2.23. The Hall–Kier alpha value is -4.41. The Morgan fingerprint density at radius 2 is 1.89 bits per heavy atom. The lowest BCUT2D eigenvalue weighted by Crippen LogP contribution is -2.30. The summed E-state index contributed by atoms with van der Waals surface area (Å²) >= 11 is 0. The van der Waals surface area contributed by atoms with Gasteiger partial charge in [-0.25, -0.2) is 4.98 Å². The van der Waals surface area contributed by atoms with E-state index < -0.39 is 6.04 Å². The normalized spacial score (nSPS) is 11.6. The number of aromatic nitrogens is 2. The number of anilines is 1. The summed E-state index contributed by atoms with van der Waals surface area (Å²) in [5.41, 5.74) is 3.54. The van der Waals surface area contributed by atoms with Gasteiger partial charge in [-0.2, -0.15) is 0 Å². The lowest BCUT2D eigenvalue weighted by molar-refractivity contribution is 0.0916. The van der Waals surface area contributed by atoms with Crippen LogP contribution in [-0.4, -0.2) is 34.1 Å². The van der Waals surface area contributed by atoms with E-state index in [9.17, 15) is 14.7 Å². The molecule has 176 valence electrons. The minimum absolute atomic E-state index is 0.176. The number of fused-ring (bicyclic) bond motifs is 1. The molecule has 1 aromatic heterocycles. The topological polar surface area (TPSA) is 98.3 Å². The Morgan fingerprint density at radius 3 is 2.57 bits per heavy atom. The fourth-order valence-corrected chi connectivity index (χ4v) is 3.96. The minimum atomic E-state index is -0.490. The number of hydrogen-bond acceptors (Lipinski definition) is 5. The van der Waals surface area contributed by atoms with Gasteiger partial charge in [-0.1, -0.05) is 42.3 Å². The molecule has 4 aromatic rings. The summed E-state index contributed by atoms with van der Waals surface area (Å²) < 4.78 is 0. The highest BCUT2D eigenvalue weighted by molar-refractivity contribution is 5.94. The lowest BCUT2D eigenvalue weighted by atomic mass is 10.1. The smallest absolute Gasteiger partial charge is 0.258 e. The summed E-state index contributed by atoms with van der Waals surface area (Å²) in [6, 6.07) is 21.6. The summed E-state index contributed by atoms with van der Waals surface area (Å²) in [5, 5.41) is 13.1. The first-order valence-corrected chi connectivity index (χ1v) is 11.2. The van der Waals surface area contributed by atoms with Crippen LogP contribution in [0.25, 0.3) is 10.9 Å². The van der Waals surface area contributed by atoms with E-state index in [1.807, 2.05) is 65.6 Å². The summed E-state index contributed by atoms with van der Waals surface area (Å²) in [6.45, 7) is 2.39. The maximum Gasteiger partial charge on any atom is 0.258 e. The number of aliphatic hydroxyl groups is 1. The van der Waals surface area contributed by atoms with E-state index in [4.69, 9.17) is 6.42 Å². The first-order chi connectivity index (χ1) is 17.0. The van der Waals surface area contributed by atoms with Crippen LogP contribution in [0.3, 0.4) is 0 Å². The van der Waals surface area contributed by atoms with E-state index in [2.05, 4.69) is 21.2 Å². The van der Waals surface area contributed by atoms with Gasteiger partial charge >= 0.3 is 0 Å². The molecular formula is C28H26N4O3. The van der Waals surface area contributed by atoms with Crippen molar-refractivity contribution in [2.75, 3.05) is 18.1 Å². The number of terminal acetylenes is 1. The average Bonchev–Trinajstić information content (AvgIpc) is 2.88. The van der Waals surface area contributed by atoms with Crippen molar-refractivity contribution in [2.24, 2.45) is 0 Å². The van der Waals surface area contributed by atoms with Gasteiger partial charge in [0.1, 0.15) is 5.82 Å². The van der Waals surface area contributed by atoms with Gasteiger partial charge in [-0.05, 0) is 54.4 Å². The molecule has 1 heterocycles. The highest BCUT2D eigenvalue weighted by atomic mass is 16.3. The predicted molar refractivity (Wildman–Crippen MR) is 137 cm³/mol. The Balaban J connectivity index is 1.51. The van der Waals surface area contributed by atoms with Crippen LogP contribution in [0.5, 0.6) is 0 Å². The van der Waals surface area contributed by atoms with Crippen molar-refractivity contribution in [3.8, 4) is 12.3 Å². The number of H-pyrrole nitrogens is 1. The minimum Gasteiger partial charge on any atom is -0.394 e. The van der Waals surface area contributed by atoms with Gasteiger partial charge in [0.15, 0.2) is 0 Å². The predicted octanol–water partition coefficient (Wildman–Crippen LogP) is 3.33. The zero-order valence-electron chi connectivity index (χ0n) is 19.4. The van der Waals surface area contributed by atoms with Gasteiger partial charge in [0.2, 0.25) is 0 Å². The molecule has 0 saturated carbocycles. The quantitative estimate of drug-likeness (QED) is 0.346. The van der Waals surface area contributed by atoms with Crippen LogP contribution in [0.15, 0.2) is 77.6 Å². The van der Waals surface area contributed by atoms with Gasteiger partial charge in [0.25, 0.3) is 11.5 Å². The molecular weight excluding hydrogens is 440 g/mol. The van der Waals surface area contributed by atoms with Crippen LogP contribution >= 0.6 is 0 Å². The highest BCUT2D eigenvalue weighted by Crippen LogP contribution is 2.20. The van der Waals surface area contributed by atoms with Crippen LogP contribution in [-0.2, 0) is 6.54 Å². The van der Waals surface area contributed by atoms with Crippen molar-refractivity contribution >= 4 is 22.5 Å². The standard InChI is InChI=1S/C28H26N4O3/c1-3-15-32(17-20-9-14-25-24(16-20)28(35)30-19(2)29-25)23-12-10-22(11-13-23)27(34)31-26(18-33)21-7-5-4-6-8-21/h1,4-14,16,26,33H,15,17-18H2,2H3,(H,31,34)(H,29,30,35). The SMILES string of the molecule is C#CCN(Cc1ccc2nc(C)[nH]c(=O)c2c1)c1ccc(C(=O)NC(CO)c2ccccc2)cc1. The number of carbonyl (C=O) groups excluding carboxylic acids is 1. The summed E-state index contributed by atoms with van der Waals surface area (Å²) in [4.78, 5) is 34.2. The second-order valence-corrected chi connectivity index (χ2v) is 8.23. The van der Waals surface area contributed by atoms with Crippen LogP contribution in [0.1, 0.15) is 33.4 Å². The number of amides is 1. The average molecular weight is 467 g/mol. The second kappa shape index (κ2) is 10.7. The van der Waals surface area contributed by atoms with Crippen molar-refractivity contribution in [1.82, 2.24) is 15.3 Å². The van der Waals surface area contributed by atoms with Gasteiger partial charge in [-0.15, -0.1) is 6.42 Å². The molecule has 3 aromatic carbocycles. The maximum atomic E-state index is 12.8. The number of carbonyl (C=O) groups is 1. The number of aliphatic hydroxyl groups excluding tert-OH is 1. The Kier molecular flexibility index (Phi) is 7.24. The molecule has 0 spiro atoms. The molecule has 0 radical (unpaired) electrons. The highest BCUT2D eigenvalue weighted by Gasteiger charge is 2.15. The summed E-state index contributed by atoms with van der Waals surface area (Å²) in [5.74, 6) is 2.96. The van der Waals surface area contributed by atoms with Crippen LogP contribution in [0, 0.1) is 19.3 Å². The van der Waals surface area contributed by atoms with E-state index >= 15 is 0 Å². The second-order valence-electron chi connectivity index (χ2n) is 8.23. The van der Waals surface area contributed by atoms with Gasteiger partial charge in [-0.3, -0.25) is 9.59 Å². The molecule has 1 amide bonds. The molecule has 3 N–H and O–H groups in total. The fraction of sp³-hybridized carbons (Fsp3) is 0.179. The number of benzene rings is 3. The van der Waals surface area contributed by atoms with Crippen LogP contribution in [0.4, 0.5) is 5.69 Å². The van der Waals surface area contributed by atoms with Crippen molar-refractivity contribution in [1.29, 1.82) is 0 Å². The molecule has 4 rings (SSSR count). The van der Waals surface area contributed by atoms with Crippen molar-refractivity contribution in [2.45, 2.75) is 19.5 Å². The number of nitrogens with zero attached hydrogens (tertiary/aromatic N) is 2. The van der Waals surface area contributed by atoms with Gasteiger partial charge in [0, 0.05) is 17.8 Å². The zero-order chi connectivity index (χ0) is 24.8. The third-order valence-corrected chi connectivity index (χ3v) is 5.73. The zero-order valence-corrected chi connectivity index (χ0v) is 19.4. The van der Waals surface area contributed by atoms with Crippen LogP contribution in [0.2, 0.25) is 0 Å².